The first kappa shape index (κ1) is 33.8. The second-order valence-electron chi connectivity index (χ2n) is 12.3. The summed E-state index contributed by atoms with van der Waals surface area (Å²) in [5.74, 6) is -0.353. The molecule has 8 nitrogen and oxygen atoms in total. The van der Waals surface area contributed by atoms with E-state index in [1.807, 2.05) is 101 Å². The predicted octanol–water partition coefficient (Wildman–Crippen LogP) is 6.14. The molecule has 0 aromatic heterocycles. The first-order chi connectivity index (χ1) is 20.1. The number of aryl methyl sites for hydroxylation is 1. The van der Waals surface area contributed by atoms with Crippen LogP contribution in [0.15, 0.2) is 72.8 Å². The molecule has 0 radical (unpaired) electrons. The van der Waals surface area contributed by atoms with Crippen LogP contribution in [0.4, 0.5) is 4.79 Å². The molecule has 0 spiro atoms. The van der Waals surface area contributed by atoms with Crippen molar-refractivity contribution in [3.8, 4) is 11.1 Å². The van der Waals surface area contributed by atoms with Gasteiger partial charge in [-0.1, -0.05) is 80.6 Å². The van der Waals surface area contributed by atoms with Crippen molar-refractivity contribution in [3.63, 3.8) is 0 Å². The summed E-state index contributed by atoms with van der Waals surface area (Å²) < 4.78 is 30.9. The summed E-state index contributed by atoms with van der Waals surface area (Å²) in [5, 5.41) is 10.8. The van der Waals surface area contributed by atoms with Crippen LogP contribution in [0, 0.1) is 5.92 Å². The third kappa shape index (κ3) is 11.1. The molecule has 0 heterocycles. The van der Waals surface area contributed by atoms with E-state index < -0.39 is 33.7 Å². The topological polar surface area (TPSA) is 113 Å². The molecule has 3 aromatic carbocycles. The quantitative estimate of drug-likeness (QED) is 0.255. The number of hydrogen-bond acceptors (Lipinski definition) is 6. The molecule has 0 aliphatic rings. The summed E-state index contributed by atoms with van der Waals surface area (Å²) in [6.45, 7) is 10.1. The maximum absolute atomic E-state index is 12.9. The fraction of sp³-hybridized carbons (Fsp3) is 0.412. The summed E-state index contributed by atoms with van der Waals surface area (Å²) >= 11 is 0. The predicted molar refractivity (Wildman–Crippen MR) is 170 cm³/mol. The number of amides is 2. The average molecular weight is 609 g/mol. The smallest absolute Gasteiger partial charge is 0.410 e. The van der Waals surface area contributed by atoms with E-state index in [2.05, 4.69) is 4.72 Å². The Labute approximate surface area is 256 Å². The Balaban J connectivity index is 1.70. The number of benzene rings is 3. The lowest BCUT2D eigenvalue weighted by atomic mass is 9.93. The van der Waals surface area contributed by atoms with E-state index in [4.69, 9.17) is 4.74 Å². The summed E-state index contributed by atoms with van der Waals surface area (Å²) in [7, 11) is -3.67. The number of nitrogens with zero attached hydrogens (tertiary/aromatic N) is 1. The number of aliphatic hydroxyl groups excluding tert-OH is 1. The molecule has 0 aliphatic carbocycles. The fourth-order valence-electron chi connectivity index (χ4n) is 4.74. The second-order valence-corrected chi connectivity index (χ2v) is 14.1. The number of hydrogen-bond donors (Lipinski definition) is 2. The lowest BCUT2D eigenvalue weighted by Crippen LogP contribution is -2.40. The number of sulfonamides is 1. The zero-order chi connectivity index (χ0) is 31.8. The molecule has 0 fully saturated rings. The highest BCUT2D eigenvalue weighted by Gasteiger charge is 2.24. The normalized spacial score (nSPS) is 12.6. The van der Waals surface area contributed by atoms with Gasteiger partial charge in [0.15, 0.2) is 0 Å². The Morgan fingerprint density at radius 1 is 0.953 bits per heavy atom. The molecule has 43 heavy (non-hydrogen) atoms. The Bertz CT molecular complexity index is 1480. The molecule has 9 heteroatoms. The van der Waals surface area contributed by atoms with Crippen LogP contribution in [0.5, 0.6) is 0 Å². The van der Waals surface area contributed by atoms with Crippen molar-refractivity contribution in [1.82, 2.24) is 9.62 Å². The van der Waals surface area contributed by atoms with Gasteiger partial charge in [0, 0.05) is 12.1 Å². The lowest BCUT2D eigenvalue weighted by Gasteiger charge is -2.29. The van der Waals surface area contributed by atoms with Crippen molar-refractivity contribution in [2.75, 3.05) is 19.3 Å². The van der Waals surface area contributed by atoms with Crippen LogP contribution in [-0.4, -0.2) is 55.4 Å². The fourth-order valence-corrected chi connectivity index (χ4v) is 5.18. The van der Waals surface area contributed by atoms with Crippen molar-refractivity contribution < 1.29 is 27.9 Å². The molecule has 0 saturated heterocycles. The van der Waals surface area contributed by atoms with E-state index in [-0.39, 0.29) is 12.5 Å². The monoisotopic (exact) mass is 608 g/mol. The number of aliphatic hydroxyl groups is 1. The van der Waals surface area contributed by atoms with E-state index >= 15 is 0 Å². The van der Waals surface area contributed by atoms with Crippen LogP contribution in [0.1, 0.15) is 74.2 Å². The highest BCUT2D eigenvalue weighted by Crippen LogP contribution is 2.26. The minimum atomic E-state index is -3.67. The number of carbonyl (C=O) groups is 2. The molecule has 0 bridgehead atoms. The first-order valence-corrected chi connectivity index (χ1v) is 16.5. The molecule has 0 saturated carbocycles. The third-order valence-corrected chi connectivity index (χ3v) is 7.22. The molecule has 0 unspecified atom stereocenters. The van der Waals surface area contributed by atoms with Crippen LogP contribution >= 0.6 is 0 Å². The summed E-state index contributed by atoms with van der Waals surface area (Å²) in [6.07, 6.45) is 1.73. The van der Waals surface area contributed by atoms with E-state index in [9.17, 15) is 23.1 Å². The van der Waals surface area contributed by atoms with Crippen LogP contribution in [-0.2, 0) is 27.6 Å². The van der Waals surface area contributed by atoms with Crippen LogP contribution in [0.3, 0.4) is 0 Å². The SMILES string of the molecule is CC(C)Cc1cc(-c2ccc(CCCN(C[C@H](O)c3ccccc3)C(=O)OC(C)(C)C)cc2)ccc1C(=O)NS(C)(=O)=O. The van der Waals surface area contributed by atoms with Crippen LogP contribution < -0.4 is 4.72 Å². The van der Waals surface area contributed by atoms with E-state index in [0.717, 1.165) is 40.5 Å². The van der Waals surface area contributed by atoms with Crippen molar-refractivity contribution >= 4 is 22.0 Å². The van der Waals surface area contributed by atoms with Crippen molar-refractivity contribution in [3.05, 3.63) is 95.1 Å². The standard InChI is InChI=1S/C34H44N2O6S/c1-24(2)21-29-22-28(18-19-30(29)32(38)35-43(6,40)41)26-16-14-25(15-17-26)11-10-20-36(33(39)42-34(3,4)5)23-31(37)27-12-8-7-9-13-27/h7-9,12-19,22,24,31,37H,10-11,20-21,23H2,1-6H3,(H,35,38)/t31-/m0/s1. The summed E-state index contributed by atoms with van der Waals surface area (Å²) in [6, 6.07) is 22.8. The minimum Gasteiger partial charge on any atom is -0.444 e. The number of carbonyl (C=O) groups excluding carboxylic acids is 2. The van der Waals surface area contributed by atoms with Crippen molar-refractivity contribution in [1.29, 1.82) is 0 Å². The van der Waals surface area contributed by atoms with Gasteiger partial charge in [-0.15, -0.1) is 0 Å². The van der Waals surface area contributed by atoms with E-state index in [1.165, 1.54) is 0 Å². The third-order valence-electron chi connectivity index (χ3n) is 6.67. The molecule has 2 amide bonds. The second kappa shape index (κ2) is 14.7. The Kier molecular flexibility index (Phi) is 11.5. The molecule has 232 valence electrons. The molecule has 2 N–H and O–H groups in total. The van der Waals surface area contributed by atoms with Crippen molar-refractivity contribution in [2.45, 2.75) is 65.6 Å². The molecular weight excluding hydrogens is 564 g/mol. The van der Waals surface area contributed by atoms with Gasteiger partial charge >= 0.3 is 6.09 Å². The molecular formula is C34H44N2O6S. The van der Waals surface area contributed by atoms with Crippen LogP contribution in [0.25, 0.3) is 11.1 Å². The Morgan fingerprint density at radius 3 is 2.16 bits per heavy atom. The van der Waals surface area contributed by atoms with Crippen molar-refractivity contribution in [2.24, 2.45) is 5.92 Å². The van der Waals surface area contributed by atoms with E-state index in [1.54, 1.807) is 11.0 Å². The number of ether oxygens (including phenoxy) is 1. The number of nitrogens with one attached hydrogen (secondary N) is 1. The number of rotatable bonds is 12. The van der Waals surface area contributed by atoms with Crippen LogP contribution in [0.2, 0.25) is 0 Å². The summed E-state index contributed by atoms with van der Waals surface area (Å²) in [4.78, 5) is 27.1. The van der Waals surface area contributed by atoms with Gasteiger partial charge < -0.3 is 14.7 Å². The van der Waals surface area contributed by atoms with Gasteiger partial charge in [-0.05, 0) is 79.8 Å². The molecule has 3 aromatic rings. The maximum atomic E-state index is 12.9. The first-order valence-electron chi connectivity index (χ1n) is 14.6. The highest BCUT2D eigenvalue weighted by molar-refractivity contribution is 7.89. The highest BCUT2D eigenvalue weighted by atomic mass is 32.2. The van der Waals surface area contributed by atoms with Gasteiger partial charge in [-0.3, -0.25) is 4.79 Å². The van der Waals surface area contributed by atoms with E-state index in [0.29, 0.717) is 24.9 Å². The lowest BCUT2D eigenvalue weighted by molar-refractivity contribution is 0.0142. The molecule has 1 atom stereocenters. The zero-order valence-corrected chi connectivity index (χ0v) is 26.8. The Hall–Kier alpha value is -3.69. The largest absolute Gasteiger partial charge is 0.444 e. The van der Waals surface area contributed by atoms with Gasteiger partial charge in [-0.2, -0.15) is 0 Å². The average Bonchev–Trinajstić information content (AvgIpc) is 2.91. The zero-order valence-electron chi connectivity index (χ0n) is 26.0. The molecule has 0 aliphatic heterocycles. The van der Waals surface area contributed by atoms with Gasteiger partial charge in [0.1, 0.15) is 5.60 Å². The Morgan fingerprint density at radius 2 is 1.58 bits per heavy atom. The maximum Gasteiger partial charge on any atom is 0.410 e. The summed E-state index contributed by atoms with van der Waals surface area (Å²) in [5.41, 5.74) is 4.25. The molecule has 3 rings (SSSR count). The minimum absolute atomic E-state index is 0.134. The van der Waals surface area contributed by atoms with Gasteiger partial charge in [0.2, 0.25) is 10.0 Å². The van der Waals surface area contributed by atoms with Gasteiger partial charge in [-0.25, -0.2) is 17.9 Å². The van der Waals surface area contributed by atoms with Gasteiger partial charge in [0.25, 0.3) is 5.91 Å². The van der Waals surface area contributed by atoms with Gasteiger partial charge in [0.05, 0.1) is 18.9 Å².